The molecule has 0 N–H and O–H groups in total. The summed E-state index contributed by atoms with van der Waals surface area (Å²) < 4.78 is 43.3. The van der Waals surface area contributed by atoms with Crippen molar-refractivity contribution in [2.24, 2.45) is 0 Å². The number of hydrogen-bond donors (Lipinski definition) is 0. The van der Waals surface area contributed by atoms with Gasteiger partial charge in [0.25, 0.3) is 0 Å². The third-order valence-electron chi connectivity index (χ3n) is 3.53. The van der Waals surface area contributed by atoms with Crippen LogP contribution in [0.3, 0.4) is 0 Å². The largest absolute Gasteiger partial charge is 0.495 e. The lowest BCUT2D eigenvalue weighted by Gasteiger charge is -2.26. The molecule has 1 saturated heterocycles. The van der Waals surface area contributed by atoms with Gasteiger partial charge in [-0.1, -0.05) is 0 Å². The van der Waals surface area contributed by atoms with Crippen LogP contribution in [-0.4, -0.2) is 48.6 Å². The maximum absolute atomic E-state index is 12.7. The molecular formula is C13H19NO4S2. The van der Waals surface area contributed by atoms with Crippen molar-refractivity contribution >= 4 is 20.8 Å². The molecule has 1 aliphatic heterocycles. The van der Waals surface area contributed by atoms with Crippen molar-refractivity contribution in [3.63, 3.8) is 0 Å². The Labute approximate surface area is 122 Å². The zero-order chi connectivity index (χ0) is 14.9. The van der Waals surface area contributed by atoms with Crippen molar-refractivity contribution in [3.05, 3.63) is 23.3 Å². The molecule has 0 unspecified atom stereocenters. The smallest absolute Gasteiger partial charge is 0.246 e. The number of ether oxygens (including phenoxy) is 1. The fourth-order valence-electron chi connectivity index (χ4n) is 2.12. The van der Waals surface area contributed by atoms with E-state index in [4.69, 9.17) is 4.74 Å². The highest BCUT2D eigenvalue weighted by Gasteiger charge is 2.30. The molecule has 0 atom stereocenters. The maximum atomic E-state index is 12.7. The van der Waals surface area contributed by atoms with Crippen LogP contribution in [0.2, 0.25) is 0 Å². The fraction of sp³-hybridized carbons (Fsp3) is 0.538. The number of methoxy groups -OCH3 is 1. The van der Waals surface area contributed by atoms with E-state index in [1.165, 1.54) is 11.4 Å². The first-order chi connectivity index (χ1) is 9.36. The van der Waals surface area contributed by atoms with E-state index in [9.17, 15) is 12.6 Å². The summed E-state index contributed by atoms with van der Waals surface area (Å²) in [6.45, 7) is 4.38. The molecule has 1 aromatic carbocycles. The Morgan fingerprint density at radius 3 is 2.25 bits per heavy atom. The Morgan fingerprint density at radius 1 is 1.15 bits per heavy atom. The van der Waals surface area contributed by atoms with Crippen LogP contribution >= 0.6 is 0 Å². The average Bonchev–Trinajstić information content (AvgIpc) is 2.41. The fourth-order valence-corrected chi connectivity index (χ4v) is 5.07. The van der Waals surface area contributed by atoms with E-state index in [1.54, 1.807) is 12.1 Å². The van der Waals surface area contributed by atoms with Gasteiger partial charge in [-0.25, -0.2) is 8.42 Å². The molecule has 0 radical (unpaired) electrons. The minimum absolute atomic E-state index is 0.191. The predicted octanol–water partition coefficient (Wildman–Crippen LogP) is 1.07. The summed E-state index contributed by atoms with van der Waals surface area (Å²) in [7, 11) is -3.03. The van der Waals surface area contributed by atoms with Gasteiger partial charge in [-0.2, -0.15) is 4.31 Å². The van der Waals surface area contributed by atoms with E-state index in [1.807, 2.05) is 13.8 Å². The Kier molecular flexibility index (Phi) is 4.51. The van der Waals surface area contributed by atoms with Gasteiger partial charge in [0, 0.05) is 35.4 Å². The standard InChI is InChI=1S/C13H19NO4S2/c1-10-8-12(18-3)13(9-11(10)2)20(16,17)14-4-6-19(15)7-5-14/h8-9H,4-7H2,1-3H3. The van der Waals surface area contributed by atoms with Crippen molar-refractivity contribution in [2.75, 3.05) is 31.7 Å². The van der Waals surface area contributed by atoms with Crippen LogP contribution < -0.4 is 4.74 Å². The molecule has 7 heteroatoms. The molecule has 0 aliphatic carbocycles. The molecule has 1 heterocycles. The van der Waals surface area contributed by atoms with E-state index in [2.05, 4.69) is 0 Å². The molecule has 112 valence electrons. The minimum Gasteiger partial charge on any atom is -0.495 e. The quantitative estimate of drug-likeness (QED) is 0.836. The molecule has 0 saturated carbocycles. The van der Waals surface area contributed by atoms with Crippen LogP contribution in [0.5, 0.6) is 5.75 Å². The number of sulfonamides is 1. The molecule has 1 fully saturated rings. The van der Waals surface area contributed by atoms with Crippen molar-refractivity contribution < 1.29 is 17.4 Å². The van der Waals surface area contributed by atoms with Crippen molar-refractivity contribution in [1.29, 1.82) is 0 Å². The van der Waals surface area contributed by atoms with Crippen LogP contribution in [-0.2, 0) is 20.8 Å². The van der Waals surface area contributed by atoms with E-state index >= 15 is 0 Å². The first-order valence-corrected chi connectivity index (χ1v) is 9.29. The summed E-state index contributed by atoms with van der Waals surface area (Å²) in [5, 5.41) is 0. The van der Waals surface area contributed by atoms with E-state index in [0.29, 0.717) is 30.3 Å². The zero-order valence-corrected chi connectivity index (χ0v) is 13.5. The Morgan fingerprint density at radius 2 is 1.70 bits per heavy atom. The number of hydrogen-bond acceptors (Lipinski definition) is 4. The van der Waals surface area contributed by atoms with E-state index < -0.39 is 20.8 Å². The lowest BCUT2D eigenvalue weighted by molar-refractivity contribution is 0.394. The zero-order valence-electron chi connectivity index (χ0n) is 11.9. The normalized spacial score (nSPS) is 18.1. The summed E-state index contributed by atoms with van der Waals surface area (Å²) in [6, 6.07) is 3.39. The first-order valence-electron chi connectivity index (χ1n) is 6.36. The summed E-state index contributed by atoms with van der Waals surface area (Å²) in [5.74, 6) is 1.15. The molecule has 20 heavy (non-hydrogen) atoms. The Hall–Kier alpha value is -0.920. The van der Waals surface area contributed by atoms with Gasteiger partial charge in [0.2, 0.25) is 10.0 Å². The van der Waals surface area contributed by atoms with Crippen molar-refractivity contribution in [1.82, 2.24) is 4.31 Å². The Balaban J connectivity index is 2.43. The lowest BCUT2D eigenvalue weighted by atomic mass is 10.1. The second-order valence-electron chi connectivity index (χ2n) is 4.84. The SMILES string of the molecule is COc1cc(C)c(C)cc1S(=O)(=O)N1CCS(=O)CC1. The van der Waals surface area contributed by atoms with Gasteiger partial charge in [0.05, 0.1) is 7.11 Å². The third-order valence-corrected chi connectivity index (χ3v) is 6.73. The second-order valence-corrected chi connectivity index (χ2v) is 8.44. The molecule has 0 amide bonds. The van der Waals surface area contributed by atoms with E-state index in [0.717, 1.165) is 11.1 Å². The lowest BCUT2D eigenvalue weighted by Crippen LogP contribution is -2.41. The topological polar surface area (TPSA) is 63.7 Å². The monoisotopic (exact) mass is 317 g/mol. The summed E-state index contributed by atoms with van der Waals surface area (Å²) in [6.07, 6.45) is 0. The predicted molar refractivity (Wildman–Crippen MR) is 79.1 cm³/mol. The van der Waals surface area contributed by atoms with E-state index in [-0.39, 0.29) is 4.90 Å². The number of aryl methyl sites for hydroxylation is 2. The van der Waals surface area contributed by atoms with Crippen LogP contribution in [0.4, 0.5) is 0 Å². The number of nitrogens with zero attached hydrogens (tertiary/aromatic N) is 1. The van der Waals surface area contributed by atoms with Gasteiger partial charge in [-0.15, -0.1) is 0 Å². The molecule has 5 nitrogen and oxygen atoms in total. The van der Waals surface area contributed by atoms with Crippen molar-refractivity contribution in [2.45, 2.75) is 18.7 Å². The number of rotatable bonds is 3. The van der Waals surface area contributed by atoms with Gasteiger partial charge in [-0.3, -0.25) is 4.21 Å². The highest BCUT2D eigenvalue weighted by atomic mass is 32.2. The molecule has 0 spiro atoms. The molecular weight excluding hydrogens is 298 g/mol. The first kappa shape index (κ1) is 15.5. The highest BCUT2D eigenvalue weighted by molar-refractivity contribution is 7.89. The van der Waals surface area contributed by atoms with Crippen LogP contribution in [0.15, 0.2) is 17.0 Å². The second kappa shape index (κ2) is 5.83. The highest BCUT2D eigenvalue weighted by Crippen LogP contribution is 2.30. The molecule has 0 bridgehead atoms. The van der Waals surface area contributed by atoms with Crippen molar-refractivity contribution in [3.8, 4) is 5.75 Å². The summed E-state index contributed by atoms with van der Waals surface area (Å²) >= 11 is 0. The molecule has 1 aromatic rings. The average molecular weight is 317 g/mol. The van der Waals surface area contributed by atoms with Crippen LogP contribution in [0.1, 0.15) is 11.1 Å². The maximum Gasteiger partial charge on any atom is 0.246 e. The van der Waals surface area contributed by atoms with Gasteiger partial charge < -0.3 is 4.74 Å². The molecule has 0 aromatic heterocycles. The van der Waals surface area contributed by atoms with Gasteiger partial charge in [0.15, 0.2) is 0 Å². The number of benzene rings is 1. The summed E-state index contributed by atoms with van der Waals surface area (Å²) in [5.41, 5.74) is 1.89. The van der Waals surface area contributed by atoms with Gasteiger partial charge in [0.1, 0.15) is 10.6 Å². The van der Waals surface area contributed by atoms with Gasteiger partial charge >= 0.3 is 0 Å². The van der Waals surface area contributed by atoms with Crippen LogP contribution in [0.25, 0.3) is 0 Å². The Bertz CT molecular complexity index is 630. The third kappa shape index (κ3) is 2.89. The summed E-state index contributed by atoms with van der Waals surface area (Å²) in [4.78, 5) is 0.191. The molecule has 2 rings (SSSR count). The van der Waals surface area contributed by atoms with Crippen LogP contribution in [0, 0.1) is 13.8 Å². The molecule has 1 aliphatic rings. The minimum atomic E-state index is -3.59. The van der Waals surface area contributed by atoms with Gasteiger partial charge in [-0.05, 0) is 37.1 Å².